The van der Waals surface area contributed by atoms with Gasteiger partial charge in [0, 0.05) is 18.1 Å². The van der Waals surface area contributed by atoms with Crippen LogP contribution < -0.4 is 0 Å². The quantitative estimate of drug-likeness (QED) is 0.112. The van der Waals surface area contributed by atoms with E-state index in [1.165, 1.54) is 0 Å². The van der Waals surface area contributed by atoms with E-state index in [0.29, 0.717) is 0 Å². The molecular weight excluding hydrogens is 757 g/mol. The Hall–Kier alpha value is 2.24. The standard InChI is InChI=1S/C23H72O9Si12/c1-33(2)24-42(25-34(3)4,26-35(5)6)20-19-21-44(30-39(13)14,31-40(15)16)32-41(17,18)22-23-43(27-36(7)8,28-37(9)10)29-38(11)12/h33-40H,19-23H2,1-18H3. The topological polar surface area (TPSA) is 83.1 Å². The largest absolute Gasteiger partial charge is 0.469 e. The maximum atomic E-state index is 7.33. The van der Waals surface area contributed by atoms with Crippen molar-refractivity contribution < 1.29 is 37.0 Å². The van der Waals surface area contributed by atoms with Crippen molar-refractivity contribution in [1.82, 2.24) is 0 Å². The van der Waals surface area contributed by atoms with Gasteiger partial charge in [0.2, 0.25) is 0 Å². The molecule has 0 aliphatic heterocycles. The van der Waals surface area contributed by atoms with Gasteiger partial charge in [-0.25, -0.2) is 0 Å². The molecule has 0 aromatic rings. The third-order valence-corrected chi connectivity index (χ3v) is 40.5. The monoisotopic (exact) mass is 828 g/mol. The van der Waals surface area contributed by atoms with E-state index in [1.54, 1.807) is 0 Å². The molecule has 0 aliphatic carbocycles. The summed E-state index contributed by atoms with van der Waals surface area (Å²) in [4.78, 5) is 0. The fraction of sp³-hybridized carbons (Fsp3) is 1.00. The van der Waals surface area contributed by atoms with Crippen molar-refractivity contribution in [2.75, 3.05) is 0 Å². The van der Waals surface area contributed by atoms with Crippen molar-refractivity contribution in [3.05, 3.63) is 0 Å². The Bertz CT molecular complexity index is 714. The molecule has 0 saturated heterocycles. The summed E-state index contributed by atoms with van der Waals surface area (Å²) in [7, 11) is -21.9. The molecule has 0 atom stereocenters. The van der Waals surface area contributed by atoms with Crippen LogP contribution in [0.2, 0.25) is 142 Å². The Kier molecular flexibility index (Phi) is 22.6. The van der Waals surface area contributed by atoms with Gasteiger partial charge in [0.1, 0.15) is 0 Å². The Morgan fingerprint density at radius 2 is 0.545 bits per heavy atom. The zero-order valence-corrected chi connectivity index (χ0v) is 45.1. The van der Waals surface area contributed by atoms with Gasteiger partial charge < -0.3 is 37.0 Å². The molecule has 0 bridgehead atoms. The molecule has 0 saturated carbocycles. The third kappa shape index (κ3) is 20.7. The average Bonchev–Trinajstić information content (AvgIpc) is 2.73. The Morgan fingerprint density at radius 1 is 0.318 bits per heavy atom. The van der Waals surface area contributed by atoms with Crippen LogP contribution in [-0.2, 0) is 37.0 Å². The maximum Gasteiger partial charge on any atom is 0.469 e. The number of hydrogen-bond acceptors (Lipinski definition) is 9. The van der Waals surface area contributed by atoms with Crippen molar-refractivity contribution >= 4 is 107 Å². The Labute approximate surface area is 290 Å². The fourth-order valence-electron chi connectivity index (χ4n) is 5.09. The first kappa shape index (κ1) is 46.2. The van der Waals surface area contributed by atoms with Crippen LogP contribution in [0.1, 0.15) is 6.42 Å². The molecule has 44 heavy (non-hydrogen) atoms. The van der Waals surface area contributed by atoms with Crippen LogP contribution >= 0.6 is 0 Å². The van der Waals surface area contributed by atoms with E-state index in [0.717, 1.165) is 30.6 Å². The van der Waals surface area contributed by atoms with E-state index < -0.39 is 107 Å². The molecule has 0 heterocycles. The summed E-state index contributed by atoms with van der Waals surface area (Å²) in [5.74, 6) is 0. The molecule has 0 fully saturated rings. The minimum Gasteiger partial charge on any atom is -0.420 e. The predicted octanol–water partition coefficient (Wildman–Crippen LogP) is 5.41. The number of hydrogen-bond donors (Lipinski definition) is 0. The first-order chi connectivity index (χ1) is 20.0. The lowest BCUT2D eigenvalue weighted by atomic mass is 10.6. The second-order valence-corrected chi connectivity index (χ2v) is 49.4. The van der Waals surface area contributed by atoms with Gasteiger partial charge in [0.25, 0.3) is 0 Å². The minimum absolute atomic E-state index is 0.784. The second kappa shape index (κ2) is 21.5. The van der Waals surface area contributed by atoms with Crippen molar-refractivity contribution in [3.63, 3.8) is 0 Å². The lowest BCUT2D eigenvalue weighted by molar-refractivity contribution is 0.249. The SMILES string of the molecule is C[SiH](C)O[Si](CCC[Si](O[SiH](C)C)(O[SiH](C)C)O[Si](C)(C)CC[Si](O[SiH](C)C)(O[SiH](C)C)O[SiH](C)C)(O[SiH](C)C)O[SiH](C)C. The van der Waals surface area contributed by atoms with Crippen LogP contribution in [0.5, 0.6) is 0 Å². The van der Waals surface area contributed by atoms with Crippen LogP contribution in [0.25, 0.3) is 0 Å². The predicted molar refractivity (Wildman–Crippen MR) is 219 cm³/mol. The first-order valence-electron chi connectivity index (χ1n) is 17.1. The molecule has 266 valence electrons. The number of rotatable bonds is 25. The summed E-state index contributed by atoms with van der Waals surface area (Å²) >= 11 is 0. The molecule has 21 heteroatoms. The summed E-state index contributed by atoms with van der Waals surface area (Å²) in [6.45, 7) is 40.3. The molecule has 0 aliphatic rings. The molecule has 0 aromatic carbocycles. The van der Waals surface area contributed by atoms with Crippen LogP contribution in [-0.4, -0.2) is 107 Å². The summed E-state index contributed by atoms with van der Waals surface area (Å²) in [6, 6.07) is 3.32. The summed E-state index contributed by atoms with van der Waals surface area (Å²) in [6.07, 6.45) is 0.874. The second-order valence-electron chi connectivity index (χ2n) is 14.6. The van der Waals surface area contributed by atoms with Gasteiger partial charge in [-0.2, -0.15) is 0 Å². The van der Waals surface area contributed by atoms with E-state index >= 15 is 0 Å². The van der Waals surface area contributed by atoms with Crippen LogP contribution in [0, 0.1) is 0 Å². The van der Waals surface area contributed by atoms with E-state index in [-0.39, 0.29) is 0 Å². The molecule has 9 nitrogen and oxygen atoms in total. The van der Waals surface area contributed by atoms with E-state index in [4.69, 9.17) is 37.0 Å². The van der Waals surface area contributed by atoms with Gasteiger partial charge in [-0.05, 0) is 130 Å². The highest BCUT2D eigenvalue weighted by molar-refractivity contribution is 6.87. The highest BCUT2D eigenvalue weighted by atomic mass is 28.5. The smallest absolute Gasteiger partial charge is 0.420 e. The minimum atomic E-state index is -2.98. The van der Waals surface area contributed by atoms with Gasteiger partial charge >= 0.3 is 26.4 Å². The van der Waals surface area contributed by atoms with Crippen LogP contribution in [0.4, 0.5) is 0 Å². The van der Waals surface area contributed by atoms with Gasteiger partial charge in [-0.1, -0.05) is 0 Å². The Balaban J connectivity index is 6.35. The van der Waals surface area contributed by atoms with E-state index in [2.05, 4.69) is 118 Å². The van der Waals surface area contributed by atoms with E-state index in [9.17, 15) is 0 Å². The van der Waals surface area contributed by atoms with Crippen molar-refractivity contribution in [2.45, 2.75) is 148 Å². The molecule has 0 radical (unpaired) electrons. The average molecular weight is 830 g/mol. The van der Waals surface area contributed by atoms with Gasteiger partial charge in [0.05, 0.1) is 0 Å². The first-order valence-corrected chi connectivity index (χ1v) is 48.2. The molecular formula is C23H72O9Si12. The molecule has 0 N–H and O–H groups in total. The molecule has 0 rings (SSSR count). The molecule has 0 amide bonds. The normalized spacial score (nSPS) is 14.3. The summed E-state index contributed by atoms with van der Waals surface area (Å²) < 4.78 is 61.4. The summed E-state index contributed by atoms with van der Waals surface area (Å²) in [5, 5.41) is 0. The van der Waals surface area contributed by atoms with Crippen molar-refractivity contribution in [3.8, 4) is 0 Å². The van der Waals surface area contributed by atoms with Crippen LogP contribution in [0.3, 0.4) is 0 Å². The van der Waals surface area contributed by atoms with Crippen molar-refractivity contribution in [1.29, 1.82) is 0 Å². The third-order valence-electron chi connectivity index (χ3n) is 5.75. The van der Waals surface area contributed by atoms with Crippen LogP contribution in [0.15, 0.2) is 0 Å². The zero-order valence-electron chi connectivity index (χ0n) is 31.8. The fourth-order valence-corrected chi connectivity index (χ4v) is 47.5. The Morgan fingerprint density at radius 3 is 0.818 bits per heavy atom. The molecule has 0 unspecified atom stereocenters. The zero-order chi connectivity index (χ0) is 34.5. The van der Waals surface area contributed by atoms with Gasteiger partial charge in [0.15, 0.2) is 80.6 Å². The highest BCUT2D eigenvalue weighted by Gasteiger charge is 2.51. The lowest BCUT2D eigenvalue weighted by Crippen LogP contribution is -2.58. The van der Waals surface area contributed by atoms with Gasteiger partial charge in [-0.3, -0.25) is 0 Å². The van der Waals surface area contributed by atoms with Gasteiger partial charge in [-0.15, -0.1) is 0 Å². The maximum absolute atomic E-state index is 7.33. The molecule has 0 aromatic heterocycles. The summed E-state index contributed by atoms with van der Waals surface area (Å²) in [5.41, 5.74) is 0. The lowest BCUT2D eigenvalue weighted by Gasteiger charge is -2.42. The van der Waals surface area contributed by atoms with Crippen molar-refractivity contribution in [2.24, 2.45) is 0 Å². The molecule has 0 spiro atoms. The van der Waals surface area contributed by atoms with E-state index in [1.807, 2.05) is 0 Å². The highest BCUT2D eigenvalue weighted by Crippen LogP contribution is 2.33.